The van der Waals surface area contributed by atoms with E-state index in [1.807, 2.05) is 0 Å². The Morgan fingerprint density at radius 2 is 2.20 bits per heavy atom. The maximum Gasteiger partial charge on any atom is 0.259 e. The number of hydrogen-bond acceptors (Lipinski definition) is 0. The summed E-state index contributed by atoms with van der Waals surface area (Å²) in [7, 11) is -0.816. The van der Waals surface area contributed by atoms with E-state index < -0.39 is 21.2 Å². The molecule has 58 valence electrons. The van der Waals surface area contributed by atoms with Crippen LogP contribution in [0.4, 0.5) is 13.2 Å². The Balaban J connectivity index is 3.94. The van der Waals surface area contributed by atoms with Gasteiger partial charge in [0.05, 0.1) is 0 Å². The Hall–Kier alpha value is -0.253. The standard InChI is InChI=1S/C6H9F3Si/c1-3-5(7)6(8,9)10-4-2/h4-5H,2-3H2,1H3. The van der Waals surface area contributed by atoms with Crippen LogP contribution >= 0.6 is 0 Å². The highest BCUT2D eigenvalue weighted by Crippen LogP contribution is 2.22. The summed E-state index contributed by atoms with van der Waals surface area (Å²) in [4.78, 5) is 0. The second-order valence-corrected chi connectivity index (χ2v) is 3.21. The van der Waals surface area contributed by atoms with E-state index in [0.29, 0.717) is 0 Å². The van der Waals surface area contributed by atoms with Crippen LogP contribution in [0.1, 0.15) is 13.3 Å². The number of hydrogen-bond donors (Lipinski definition) is 0. The van der Waals surface area contributed by atoms with Gasteiger partial charge in [-0.15, -0.1) is 6.58 Å². The average Bonchev–Trinajstić information content (AvgIpc) is 1.86. The largest absolute Gasteiger partial charge is 0.259 e. The molecule has 0 amide bonds. The number of rotatable bonds is 4. The lowest BCUT2D eigenvalue weighted by atomic mass is 10.3. The van der Waals surface area contributed by atoms with Crippen LogP contribution < -0.4 is 0 Å². The van der Waals surface area contributed by atoms with Crippen molar-refractivity contribution in [2.24, 2.45) is 0 Å². The van der Waals surface area contributed by atoms with Crippen molar-refractivity contribution in [2.45, 2.75) is 25.1 Å². The van der Waals surface area contributed by atoms with Crippen LogP contribution in [0.25, 0.3) is 0 Å². The van der Waals surface area contributed by atoms with E-state index in [9.17, 15) is 13.2 Å². The van der Waals surface area contributed by atoms with Gasteiger partial charge in [-0.05, 0) is 6.42 Å². The smallest absolute Gasteiger partial charge is 0.241 e. The third-order valence-corrected chi connectivity index (χ3v) is 1.95. The Bertz CT molecular complexity index is 114. The molecule has 0 N–H and O–H groups in total. The van der Waals surface area contributed by atoms with Crippen molar-refractivity contribution in [1.82, 2.24) is 0 Å². The molecule has 0 rings (SSSR count). The first-order chi connectivity index (χ1) is 4.54. The molecule has 2 radical (unpaired) electrons. The van der Waals surface area contributed by atoms with Crippen LogP contribution in [0.2, 0.25) is 0 Å². The molecular weight excluding hydrogens is 157 g/mol. The molecule has 0 aromatic rings. The van der Waals surface area contributed by atoms with Crippen molar-refractivity contribution >= 4 is 9.52 Å². The van der Waals surface area contributed by atoms with Gasteiger partial charge in [0, 0.05) is 0 Å². The van der Waals surface area contributed by atoms with Gasteiger partial charge in [0.25, 0.3) is 5.55 Å². The molecule has 0 aliphatic rings. The lowest BCUT2D eigenvalue weighted by Gasteiger charge is -2.16. The van der Waals surface area contributed by atoms with Crippen molar-refractivity contribution in [3.05, 3.63) is 12.3 Å². The minimum atomic E-state index is -3.20. The second kappa shape index (κ2) is 3.80. The van der Waals surface area contributed by atoms with Crippen molar-refractivity contribution in [1.29, 1.82) is 0 Å². The summed E-state index contributed by atoms with van der Waals surface area (Å²) >= 11 is 0. The van der Waals surface area contributed by atoms with Crippen LogP contribution in [0.3, 0.4) is 0 Å². The Morgan fingerprint density at radius 3 is 2.50 bits per heavy atom. The summed E-state index contributed by atoms with van der Waals surface area (Å²) in [6.07, 6.45) is -2.17. The predicted octanol–water partition coefficient (Wildman–Crippen LogP) is 2.17. The maximum atomic E-state index is 12.4. The molecule has 0 aliphatic carbocycles. The van der Waals surface area contributed by atoms with Gasteiger partial charge < -0.3 is 0 Å². The molecule has 0 aliphatic heterocycles. The van der Waals surface area contributed by atoms with Crippen LogP contribution in [-0.4, -0.2) is 21.2 Å². The van der Waals surface area contributed by atoms with Crippen LogP contribution in [-0.2, 0) is 0 Å². The first-order valence-corrected chi connectivity index (χ1v) is 4.02. The van der Waals surface area contributed by atoms with E-state index >= 15 is 0 Å². The fraction of sp³-hybridized carbons (Fsp3) is 0.667. The normalized spacial score (nSPS) is 14.8. The van der Waals surface area contributed by atoms with E-state index in [1.165, 1.54) is 6.92 Å². The Kier molecular flexibility index (Phi) is 3.71. The quantitative estimate of drug-likeness (QED) is 0.561. The molecule has 0 nitrogen and oxygen atoms in total. The average molecular weight is 166 g/mol. The maximum absolute atomic E-state index is 12.4. The van der Waals surface area contributed by atoms with Crippen molar-refractivity contribution in [3.63, 3.8) is 0 Å². The summed E-state index contributed by atoms with van der Waals surface area (Å²) < 4.78 is 37.1. The summed E-state index contributed by atoms with van der Waals surface area (Å²) in [5.41, 5.74) is -2.14. The Labute approximate surface area is 60.9 Å². The summed E-state index contributed by atoms with van der Waals surface area (Å²) in [5, 5.41) is 0. The zero-order valence-corrected chi connectivity index (χ0v) is 6.70. The van der Waals surface area contributed by atoms with Crippen LogP contribution in [0, 0.1) is 0 Å². The van der Waals surface area contributed by atoms with Gasteiger partial charge in [-0.3, -0.25) is 0 Å². The number of alkyl halides is 3. The first-order valence-electron chi connectivity index (χ1n) is 2.95. The molecule has 1 atom stereocenters. The van der Waals surface area contributed by atoms with E-state index in [2.05, 4.69) is 6.58 Å². The number of halogens is 3. The molecule has 0 aromatic heterocycles. The second-order valence-electron chi connectivity index (χ2n) is 1.85. The molecule has 4 heteroatoms. The van der Waals surface area contributed by atoms with Gasteiger partial charge in [0.1, 0.15) is 0 Å². The lowest BCUT2D eigenvalue weighted by molar-refractivity contribution is 0.00199. The van der Waals surface area contributed by atoms with E-state index in [1.54, 1.807) is 0 Å². The van der Waals surface area contributed by atoms with Crippen LogP contribution in [0.15, 0.2) is 12.3 Å². The molecule has 0 fully saturated rings. The van der Waals surface area contributed by atoms with Gasteiger partial charge >= 0.3 is 0 Å². The molecule has 1 unspecified atom stereocenters. The summed E-state index contributed by atoms with van der Waals surface area (Å²) in [6, 6.07) is 0. The zero-order chi connectivity index (χ0) is 8.20. The third kappa shape index (κ3) is 2.56. The minimum Gasteiger partial charge on any atom is -0.241 e. The molecule has 0 bridgehead atoms. The Morgan fingerprint density at radius 1 is 1.70 bits per heavy atom. The van der Waals surface area contributed by atoms with Crippen molar-refractivity contribution < 1.29 is 13.2 Å². The van der Waals surface area contributed by atoms with E-state index in [0.717, 1.165) is 5.70 Å². The molecule has 10 heavy (non-hydrogen) atoms. The lowest BCUT2D eigenvalue weighted by Crippen LogP contribution is -2.35. The SMILES string of the molecule is C=C[Si]C(F)(F)C(F)CC. The van der Waals surface area contributed by atoms with E-state index in [-0.39, 0.29) is 6.42 Å². The molecular formula is C6H9F3Si. The highest BCUT2D eigenvalue weighted by atomic mass is 28.2. The van der Waals surface area contributed by atoms with Gasteiger partial charge in [-0.25, -0.2) is 13.2 Å². The molecule has 0 saturated carbocycles. The molecule has 0 spiro atoms. The zero-order valence-electron chi connectivity index (χ0n) is 5.70. The predicted molar refractivity (Wildman–Crippen MR) is 36.1 cm³/mol. The highest BCUT2D eigenvalue weighted by Gasteiger charge is 2.37. The van der Waals surface area contributed by atoms with E-state index in [4.69, 9.17) is 0 Å². The minimum absolute atomic E-state index is 0.145. The van der Waals surface area contributed by atoms with Gasteiger partial charge in [-0.2, -0.15) is 0 Å². The first kappa shape index (κ1) is 9.75. The van der Waals surface area contributed by atoms with Gasteiger partial charge in [0.2, 0.25) is 0 Å². The summed E-state index contributed by atoms with van der Waals surface area (Å²) in [6.45, 7) is 4.52. The van der Waals surface area contributed by atoms with Gasteiger partial charge in [0.15, 0.2) is 15.7 Å². The molecule has 0 saturated heterocycles. The van der Waals surface area contributed by atoms with Crippen LogP contribution in [0.5, 0.6) is 0 Å². The molecule has 0 aromatic carbocycles. The monoisotopic (exact) mass is 166 g/mol. The van der Waals surface area contributed by atoms with Crippen molar-refractivity contribution in [3.8, 4) is 0 Å². The third-order valence-electron chi connectivity index (χ3n) is 1.05. The highest BCUT2D eigenvalue weighted by molar-refractivity contribution is 6.45. The van der Waals surface area contributed by atoms with Crippen molar-refractivity contribution in [2.75, 3.05) is 0 Å². The molecule has 0 heterocycles. The fourth-order valence-corrected chi connectivity index (χ4v) is 1.14. The van der Waals surface area contributed by atoms with Gasteiger partial charge in [-0.1, -0.05) is 12.6 Å². The fourth-order valence-electron chi connectivity index (χ4n) is 0.483. The topological polar surface area (TPSA) is 0 Å². The summed E-state index contributed by atoms with van der Waals surface area (Å²) in [5.74, 6) is 0.